The first-order valence-corrected chi connectivity index (χ1v) is 2.67. The van der Waals surface area contributed by atoms with Crippen LogP contribution in [0.4, 0.5) is 0 Å². The van der Waals surface area contributed by atoms with Crippen LogP contribution in [-0.4, -0.2) is 24.1 Å². The summed E-state index contributed by atoms with van der Waals surface area (Å²) in [5.41, 5.74) is 0. The van der Waals surface area contributed by atoms with Crippen LogP contribution in [0.15, 0.2) is 12.3 Å². The number of hydrogen-bond donors (Lipinski definition) is 1. The molecule has 1 N–H and O–H groups in total. The van der Waals surface area contributed by atoms with Crippen LogP contribution in [0.1, 0.15) is 6.92 Å². The predicted molar refractivity (Wildman–Crippen MR) is 32.9 cm³/mol. The molecular formula is C6H10O3. The van der Waals surface area contributed by atoms with Gasteiger partial charge in [0.15, 0.2) is 5.78 Å². The molecular weight excluding hydrogens is 120 g/mol. The van der Waals surface area contributed by atoms with Gasteiger partial charge in [0.05, 0.1) is 12.9 Å². The van der Waals surface area contributed by atoms with E-state index in [1.54, 1.807) is 0 Å². The van der Waals surface area contributed by atoms with Gasteiger partial charge in [0.2, 0.25) is 0 Å². The molecule has 0 bridgehead atoms. The second-order valence-electron chi connectivity index (χ2n) is 1.51. The Balaban J connectivity index is 3.15. The Morgan fingerprint density at radius 2 is 2.44 bits per heavy atom. The van der Waals surface area contributed by atoms with Crippen molar-refractivity contribution in [1.29, 1.82) is 0 Å². The molecule has 0 saturated heterocycles. The Kier molecular flexibility index (Phi) is 4.82. The molecule has 0 saturated carbocycles. The van der Waals surface area contributed by atoms with Crippen molar-refractivity contribution in [3.8, 4) is 0 Å². The standard InChI is InChI=1S/C6H10O3/c1-6(8)2-4-9-5-3-7/h2,4,7H,3,5H2,1H3. The molecule has 0 fully saturated rings. The van der Waals surface area contributed by atoms with Crippen molar-refractivity contribution in [2.24, 2.45) is 0 Å². The number of ketones is 1. The lowest BCUT2D eigenvalue weighted by molar-refractivity contribution is -0.112. The topological polar surface area (TPSA) is 46.5 Å². The van der Waals surface area contributed by atoms with Crippen molar-refractivity contribution < 1.29 is 14.6 Å². The minimum Gasteiger partial charge on any atom is -0.499 e. The van der Waals surface area contributed by atoms with Gasteiger partial charge < -0.3 is 9.84 Å². The SMILES string of the molecule is CC(=O)C=COCCO. The van der Waals surface area contributed by atoms with Crippen molar-refractivity contribution in [1.82, 2.24) is 0 Å². The fourth-order valence-electron chi connectivity index (χ4n) is 0.265. The lowest BCUT2D eigenvalue weighted by Gasteiger charge is -1.92. The van der Waals surface area contributed by atoms with Gasteiger partial charge in [-0.1, -0.05) is 0 Å². The fourth-order valence-corrected chi connectivity index (χ4v) is 0.265. The lowest BCUT2D eigenvalue weighted by atomic mass is 10.4. The second-order valence-corrected chi connectivity index (χ2v) is 1.51. The highest BCUT2D eigenvalue weighted by Gasteiger charge is 1.80. The largest absolute Gasteiger partial charge is 0.499 e. The molecule has 9 heavy (non-hydrogen) atoms. The highest BCUT2D eigenvalue weighted by atomic mass is 16.5. The minimum atomic E-state index is -0.0621. The maximum Gasteiger partial charge on any atom is 0.155 e. The van der Waals surface area contributed by atoms with Crippen LogP contribution in [0, 0.1) is 0 Å². The van der Waals surface area contributed by atoms with Gasteiger partial charge in [-0.15, -0.1) is 0 Å². The smallest absolute Gasteiger partial charge is 0.155 e. The summed E-state index contributed by atoms with van der Waals surface area (Å²) in [7, 11) is 0. The first kappa shape index (κ1) is 8.17. The molecule has 0 heterocycles. The molecule has 0 spiro atoms. The average Bonchev–Trinajstić information content (AvgIpc) is 1.80. The Morgan fingerprint density at radius 1 is 1.78 bits per heavy atom. The van der Waals surface area contributed by atoms with E-state index in [0.29, 0.717) is 0 Å². The third-order valence-corrected chi connectivity index (χ3v) is 0.608. The summed E-state index contributed by atoms with van der Waals surface area (Å²) in [6.45, 7) is 1.64. The Labute approximate surface area is 53.9 Å². The zero-order valence-electron chi connectivity index (χ0n) is 5.33. The molecule has 0 amide bonds. The molecule has 0 aliphatic rings. The van der Waals surface area contributed by atoms with E-state index >= 15 is 0 Å². The quantitative estimate of drug-likeness (QED) is 0.333. The van der Waals surface area contributed by atoms with Gasteiger partial charge in [-0.2, -0.15) is 0 Å². The van der Waals surface area contributed by atoms with Gasteiger partial charge in [0.25, 0.3) is 0 Å². The number of rotatable bonds is 4. The molecule has 0 aromatic heterocycles. The maximum absolute atomic E-state index is 10.2. The summed E-state index contributed by atoms with van der Waals surface area (Å²) in [5, 5.41) is 8.19. The first-order chi connectivity index (χ1) is 4.27. The lowest BCUT2D eigenvalue weighted by Crippen LogP contribution is -1.93. The number of ether oxygens (including phenoxy) is 1. The second kappa shape index (κ2) is 5.31. The van der Waals surface area contributed by atoms with Crippen molar-refractivity contribution in [2.45, 2.75) is 6.92 Å². The van der Waals surface area contributed by atoms with Crippen molar-refractivity contribution in [3.05, 3.63) is 12.3 Å². The van der Waals surface area contributed by atoms with Crippen LogP contribution < -0.4 is 0 Å². The summed E-state index contributed by atoms with van der Waals surface area (Å²) in [5.74, 6) is -0.0621. The van der Waals surface area contributed by atoms with E-state index in [2.05, 4.69) is 4.74 Å². The Hall–Kier alpha value is -0.830. The average molecular weight is 130 g/mol. The van der Waals surface area contributed by atoms with Gasteiger partial charge in [0.1, 0.15) is 6.61 Å². The predicted octanol–water partition coefficient (Wildman–Crippen LogP) is 0.0980. The number of aliphatic hydroxyl groups is 1. The zero-order chi connectivity index (χ0) is 7.11. The van der Waals surface area contributed by atoms with Crippen LogP contribution >= 0.6 is 0 Å². The molecule has 0 aliphatic heterocycles. The van der Waals surface area contributed by atoms with Crippen LogP contribution in [0.2, 0.25) is 0 Å². The molecule has 0 atom stereocenters. The summed E-state index contributed by atoms with van der Waals surface area (Å²) in [6.07, 6.45) is 2.58. The molecule has 0 rings (SSSR count). The van der Waals surface area contributed by atoms with Gasteiger partial charge in [-0.05, 0) is 6.92 Å². The van der Waals surface area contributed by atoms with Crippen LogP contribution in [-0.2, 0) is 9.53 Å². The third-order valence-electron chi connectivity index (χ3n) is 0.608. The molecule has 0 radical (unpaired) electrons. The Bertz CT molecular complexity index is 107. The van der Waals surface area contributed by atoms with E-state index in [9.17, 15) is 4.79 Å². The third kappa shape index (κ3) is 7.17. The van der Waals surface area contributed by atoms with E-state index in [1.165, 1.54) is 19.3 Å². The number of allylic oxidation sites excluding steroid dienone is 1. The highest BCUT2D eigenvalue weighted by molar-refractivity contribution is 5.86. The van der Waals surface area contributed by atoms with E-state index in [0.717, 1.165) is 0 Å². The Morgan fingerprint density at radius 3 is 2.89 bits per heavy atom. The molecule has 3 nitrogen and oxygen atoms in total. The van der Waals surface area contributed by atoms with E-state index in [1.807, 2.05) is 0 Å². The van der Waals surface area contributed by atoms with E-state index in [4.69, 9.17) is 5.11 Å². The summed E-state index contributed by atoms with van der Waals surface area (Å²) in [4.78, 5) is 10.2. The van der Waals surface area contributed by atoms with Gasteiger partial charge in [0, 0.05) is 6.08 Å². The molecule has 3 heteroatoms. The fraction of sp³-hybridized carbons (Fsp3) is 0.500. The van der Waals surface area contributed by atoms with Crippen molar-refractivity contribution >= 4 is 5.78 Å². The number of carbonyl (C=O) groups is 1. The maximum atomic E-state index is 10.2. The minimum absolute atomic E-state index is 0.0256. The van der Waals surface area contributed by atoms with Crippen LogP contribution in [0.5, 0.6) is 0 Å². The normalized spacial score (nSPS) is 10.0. The molecule has 0 aromatic rings. The number of aliphatic hydroxyl groups excluding tert-OH is 1. The van der Waals surface area contributed by atoms with Gasteiger partial charge >= 0.3 is 0 Å². The summed E-state index contributed by atoms with van der Waals surface area (Å²) >= 11 is 0. The highest BCUT2D eigenvalue weighted by Crippen LogP contribution is 1.77. The number of hydrogen-bond acceptors (Lipinski definition) is 3. The van der Waals surface area contributed by atoms with Crippen molar-refractivity contribution in [2.75, 3.05) is 13.2 Å². The van der Waals surface area contributed by atoms with Gasteiger partial charge in [-0.25, -0.2) is 0 Å². The first-order valence-electron chi connectivity index (χ1n) is 2.67. The van der Waals surface area contributed by atoms with Crippen molar-refractivity contribution in [3.63, 3.8) is 0 Å². The molecule has 52 valence electrons. The van der Waals surface area contributed by atoms with Crippen LogP contribution in [0.25, 0.3) is 0 Å². The molecule has 0 aromatic carbocycles. The summed E-state index contributed by atoms with van der Waals surface area (Å²) in [6, 6.07) is 0. The molecule has 0 unspecified atom stereocenters. The summed E-state index contributed by atoms with van der Waals surface area (Å²) < 4.78 is 4.64. The number of carbonyl (C=O) groups excluding carboxylic acids is 1. The molecule has 0 aliphatic carbocycles. The van der Waals surface area contributed by atoms with Crippen LogP contribution in [0.3, 0.4) is 0 Å². The zero-order valence-corrected chi connectivity index (χ0v) is 5.33. The van der Waals surface area contributed by atoms with E-state index < -0.39 is 0 Å². The monoisotopic (exact) mass is 130 g/mol. The van der Waals surface area contributed by atoms with E-state index in [-0.39, 0.29) is 19.0 Å². The van der Waals surface area contributed by atoms with Gasteiger partial charge in [-0.3, -0.25) is 4.79 Å².